The molecule has 1 amide bonds. The largest absolute Gasteiger partial charge is 0.381 e. The number of likely N-dealkylation sites (tertiary alicyclic amines) is 1. The van der Waals surface area contributed by atoms with Gasteiger partial charge in [0.15, 0.2) is 11.5 Å². The van der Waals surface area contributed by atoms with Crippen molar-refractivity contribution in [1.29, 1.82) is 0 Å². The maximum atomic E-state index is 13.1. The second kappa shape index (κ2) is 8.62. The Balaban J connectivity index is 1.18. The highest BCUT2D eigenvalue weighted by Crippen LogP contribution is 2.29. The van der Waals surface area contributed by atoms with E-state index in [2.05, 4.69) is 20.4 Å². The number of ether oxygens (including phenoxy) is 1. The first-order valence-corrected chi connectivity index (χ1v) is 10.8. The fourth-order valence-electron chi connectivity index (χ4n) is 3.83. The molecule has 3 aromatic rings. The summed E-state index contributed by atoms with van der Waals surface area (Å²) in [5.41, 5.74) is 1.09. The number of aryl methyl sites for hydroxylation is 1. The van der Waals surface area contributed by atoms with Crippen molar-refractivity contribution in [3.05, 3.63) is 47.2 Å². The van der Waals surface area contributed by atoms with Crippen molar-refractivity contribution < 1.29 is 18.6 Å². The van der Waals surface area contributed by atoms with Crippen molar-refractivity contribution in [2.75, 3.05) is 26.3 Å². The monoisotopic (exact) mass is 426 g/mol. The van der Waals surface area contributed by atoms with Gasteiger partial charge in [-0.25, -0.2) is 0 Å². The fourth-order valence-corrected chi connectivity index (χ4v) is 3.83. The first-order chi connectivity index (χ1) is 15.2. The Kier molecular flexibility index (Phi) is 5.54. The Morgan fingerprint density at radius 2 is 2.16 bits per heavy atom. The Morgan fingerprint density at radius 1 is 1.26 bits per heavy atom. The van der Waals surface area contributed by atoms with Crippen LogP contribution in [0, 0.1) is 12.8 Å². The highest BCUT2D eigenvalue weighted by Gasteiger charge is 2.34. The van der Waals surface area contributed by atoms with E-state index in [0.29, 0.717) is 55.8 Å². The smallest absolute Gasteiger partial charge is 0.276 e. The van der Waals surface area contributed by atoms with Gasteiger partial charge < -0.3 is 18.7 Å². The summed E-state index contributed by atoms with van der Waals surface area (Å²) in [7, 11) is 0. The van der Waals surface area contributed by atoms with Crippen LogP contribution in [0.3, 0.4) is 0 Å². The van der Waals surface area contributed by atoms with E-state index in [0.717, 1.165) is 24.5 Å². The van der Waals surface area contributed by atoms with Gasteiger partial charge in [0.25, 0.3) is 5.91 Å². The van der Waals surface area contributed by atoms with Crippen molar-refractivity contribution >= 4 is 5.91 Å². The molecular formula is C21H26N6O4. The molecular weight excluding hydrogens is 400 g/mol. The number of amides is 1. The van der Waals surface area contributed by atoms with Crippen molar-refractivity contribution in [2.45, 2.75) is 45.1 Å². The van der Waals surface area contributed by atoms with Gasteiger partial charge in [0.2, 0.25) is 5.89 Å². The van der Waals surface area contributed by atoms with Crippen molar-refractivity contribution in [3.63, 3.8) is 0 Å². The molecule has 1 aliphatic heterocycles. The molecule has 3 aromatic heterocycles. The van der Waals surface area contributed by atoms with Crippen molar-refractivity contribution in [3.8, 4) is 0 Å². The van der Waals surface area contributed by atoms with Gasteiger partial charge in [0, 0.05) is 44.1 Å². The minimum Gasteiger partial charge on any atom is -0.381 e. The zero-order chi connectivity index (χ0) is 21.2. The van der Waals surface area contributed by atoms with E-state index in [-0.39, 0.29) is 11.8 Å². The number of rotatable bonds is 9. The summed E-state index contributed by atoms with van der Waals surface area (Å²) >= 11 is 0. The lowest BCUT2D eigenvalue weighted by Gasteiger charge is -2.15. The standard InChI is InChI=1S/C21H26N6O4/c1-14-17(12-27-8-2-7-22-27)19(25-30-14)21(28)26-9-5-16(11-26)20-23-18(24-31-20)6-10-29-13-15-3-4-15/h2,7-8,15-16H,3-6,9-13H2,1H3. The van der Waals surface area contributed by atoms with Crippen LogP contribution in [0.15, 0.2) is 27.5 Å². The maximum absolute atomic E-state index is 13.1. The fraction of sp³-hybridized carbons (Fsp3) is 0.571. The number of hydrogen-bond donors (Lipinski definition) is 0. The molecule has 0 spiro atoms. The molecule has 1 atom stereocenters. The van der Waals surface area contributed by atoms with Gasteiger partial charge in [0.05, 0.1) is 19.1 Å². The molecule has 0 bridgehead atoms. The van der Waals surface area contributed by atoms with Crippen LogP contribution in [-0.4, -0.2) is 62.2 Å². The zero-order valence-electron chi connectivity index (χ0n) is 17.6. The number of hydrogen-bond acceptors (Lipinski definition) is 8. The molecule has 2 fully saturated rings. The van der Waals surface area contributed by atoms with Crippen LogP contribution >= 0.6 is 0 Å². The molecule has 0 aromatic carbocycles. The van der Waals surface area contributed by atoms with E-state index in [4.69, 9.17) is 13.8 Å². The summed E-state index contributed by atoms with van der Waals surface area (Å²) < 4.78 is 18.2. The van der Waals surface area contributed by atoms with E-state index in [1.165, 1.54) is 12.8 Å². The molecule has 1 saturated heterocycles. The second-order valence-electron chi connectivity index (χ2n) is 8.32. The molecule has 0 N–H and O–H groups in total. The summed E-state index contributed by atoms with van der Waals surface area (Å²) in [6.07, 6.45) is 7.52. The average Bonchev–Trinajstić information content (AvgIpc) is 3.25. The van der Waals surface area contributed by atoms with Gasteiger partial charge in [0.1, 0.15) is 5.76 Å². The highest BCUT2D eigenvalue weighted by molar-refractivity contribution is 5.94. The van der Waals surface area contributed by atoms with Crippen LogP contribution < -0.4 is 0 Å². The van der Waals surface area contributed by atoms with Crippen LogP contribution in [0.1, 0.15) is 58.7 Å². The molecule has 164 valence electrons. The molecule has 1 saturated carbocycles. The summed E-state index contributed by atoms with van der Waals surface area (Å²) in [6, 6.07) is 1.84. The summed E-state index contributed by atoms with van der Waals surface area (Å²) in [4.78, 5) is 19.4. The van der Waals surface area contributed by atoms with Crippen molar-refractivity contribution in [2.24, 2.45) is 5.92 Å². The lowest BCUT2D eigenvalue weighted by Crippen LogP contribution is -2.29. The SMILES string of the molecule is Cc1onc(C(=O)N2CCC(c3nc(CCOCC4CC4)no3)C2)c1Cn1cccn1. The molecule has 2 aliphatic rings. The van der Waals surface area contributed by atoms with Crippen LogP contribution in [0.4, 0.5) is 0 Å². The topological polar surface area (TPSA) is 112 Å². The van der Waals surface area contributed by atoms with Gasteiger partial charge in [-0.2, -0.15) is 10.1 Å². The zero-order valence-corrected chi connectivity index (χ0v) is 17.6. The third-order valence-electron chi connectivity index (χ3n) is 5.90. The van der Waals surface area contributed by atoms with Gasteiger partial charge >= 0.3 is 0 Å². The first-order valence-electron chi connectivity index (χ1n) is 10.8. The average molecular weight is 426 g/mol. The Hall–Kier alpha value is -3.01. The van der Waals surface area contributed by atoms with Gasteiger partial charge in [-0.1, -0.05) is 10.3 Å². The van der Waals surface area contributed by atoms with Crippen molar-refractivity contribution in [1.82, 2.24) is 30.0 Å². The van der Waals surface area contributed by atoms with E-state index >= 15 is 0 Å². The lowest BCUT2D eigenvalue weighted by atomic mass is 10.1. The minimum atomic E-state index is -0.144. The van der Waals surface area contributed by atoms with E-state index in [9.17, 15) is 4.79 Å². The third-order valence-corrected chi connectivity index (χ3v) is 5.90. The molecule has 5 rings (SSSR count). The first kappa shape index (κ1) is 19.9. The van der Waals surface area contributed by atoms with Crippen LogP contribution in [0.25, 0.3) is 0 Å². The Bertz CT molecular complexity index is 1020. The maximum Gasteiger partial charge on any atom is 0.276 e. The van der Waals surface area contributed by atoms with Crippen LogP contribution in [0.5, 0.6) is 0 Å². The summed E-state index contributed by atoms with van der Waals surface area (Å²) in [5.74, 6) is 2.50. The van der Waals surface area contributed by atoms with Gasteiger partial charge in [-0.3, -0.25) is 9.48 Å². The van der Waals surface area contributed by atoms with E-state index < -0.39 is 0 Å². The molecule has 1 aliphatic carbocycles. The predicted molar refractivity (Wildman–Crippen MR) is 107 cm³/mol. The summed E-state index contributed by atoms with van der Waals surface area (Å²) in [5, 5.41) is 12.3. The number of nitrogens with zero attached hydrogens (tertiary/aromatic N) is 6. The molecule has 10 nitrogen and oxygen atoms in total. The molecule has 0 radical (unpaired) electrons. The highest BCUT2D eigenvalue weighted by atomic mass is 16.5. The van der Waals surface area contributed by atoms with Crippen LogP contribution in [0.2, 0.25) is 0 Å². The molecule has 31 heavy (non-hydrogen) atoms. The second-order valence-corrected chi connectivity index (χ2v) is 8.32. The number of carbonyl (C=O) groups excluding carboxylic acids is 1. The predicted octanol–water partition coefficient (Wildman–Crippen LogP) is 2.21. The Morgan fingerprint density at radius 3 is 2.97 bits per heavy atom. The van der Waals surface area contributed by atoms with Crippen LogP contribution in [-0.2, 0) is 17.7 Å². The molecule has 1 unspecified atom stereocenters. The van der Waals surface area contributed by atoms with Gasteiger partial charge in [-0.05, 0) is 38.2 Å². The molecule has 10 heteroatoms. The lowest BCUT2D eigenvalue weighted by molar-refractivity contribution is 0.0778. The molecule has 4 heterocycles. The minimum absolute atomic E-state index is 0.0279. The van der Waals surface area contributed by atoms with Gasteiger partial charge in [-0.15, -0.1) is 0 Å². The Labute approximate surface area is 179 Å². The quantitative estimate of drug-likeness (QED) is 0.479. The summed E-state index contributed by atoms with van der Waals surface area (Å²) in [6.45, 7) is 4.81. The van der Waals surface area contributed by atoms with E-state index in [1.54, 1.807) is 15.8 Å². The number of carbonyl (C=O) groups is 1. The van der Waals surface area contributed by atoms with E-state index in [1.807, 2.05) is 19.2 Å². The third kappa shape index (κ3) is 4.53. The number of aromatic nitrogens is 5. The normalized spacial score (nSPS) is 18.7.